The molecule has 8 nitrogen and oxygen atoms in total. The molecule has 0 aliphatic carbocycles. The van der Waals surface area contributed by atoms with Crippen LogP contribution in [0.5, 0.6) is 0 Å². The second-order valence-corrected chi connectivity index (χ2v) is 8.60. The fourth-order valence-electron chi connectivity index (χ4n) is 3.58. The highest BCUT2D eigenvalue weighted by Crippen LogP contribution is 2.25. The van der Waals surface area contributed by atoms with Crippen molar-refractivity contribution in [1.82, 2.24) is 14.4 Å². The standard InChI is InChI=1S/C22H29F2N3O5/c1-22(2,3)32-21(30)26-6-4-25(5-7-26)20(29)19-13-15-12-16(23)17(24)14-18(15)27(19)8-10-31-11-9-28/h12-14,28H,4-11H2,1-3H3. The molecule has 1 fully saturated rings. The third-order valence-electron chi connectivity index (χ3n) is 5.08. The molecule has 3 rings (SSSR count). The predicted octanol–water partition coefficient (Wildman–Crippen LogP) is 2.62. The van der Waals surface area contributed by atoms with Gasteiger partial charge in [0.2, 0.25) is 0 Å². The maximum Gasteiger partial charge on any atom is 0.410 e. The highest BCUT2D eigenvalue weighted by molar-refractivity contribution is 5.99. The molecule has 10 heteroatoms. The summed E-state index contributed by atoms with van der Waals surface area (Å²) in [7, 11) is 0. The quantitative estimate of drug-likeness (QED) is 0.680. The number of halogens is 2. The van der Waals surface area contributed by atoms with E-state index in [0.29, 0.717) is 37.1 Å². The molecule has 1 aromatic carbocycles. The molecule has 0 spiro atoms. The van der Waals surface area contributed by atoms with E-state index in [1.807, 2.05) is 0 Å². The summed E-state index contributed by atoms with van der Waals surface area (Å²) in [6, 6.07) is 3.66. The van der Waals surface area contributed by atoms with Gasteiger partial charge in [-0.15, -0.1) is 0 Å². The third-order valence-corrected chi connectivity index (χ3v) is 5.08. The van der Waals surface area contributed by atoms with Gasteiger partial charge in [-0.1, -0.05) is 0 Å². The van der Waals surface area contributed by atoms with Gasteiger partial charge in [0.05, 0.1) is 25.3 Å². The molecular weight excluding hydrogens is 424 g/mol. The van der Waals surface area contributed by atoms with Gasteiger partial charge in [-0.2, -0.15) is 0 Å². The Morgan fingerprint density at radius 3 is 2.25 bits per heavy atom. The lowest BCUT2D eigenvalue weighted by atomic mass is 10.2. The van der Waals surface area contributed by atoms with Crippen LogP contribution >= 0.6 is 0 Å². The molecule has 0 radical (unpaired) electrons. The molecule has 1 saturated heterocycles. The van der Waals surface area contributed by atoms with E-state index in [1.54, 1.807) is 35.1 Å². The van der Waals surface area contributed by atoms with Crippen LogP contribution in [0.3, 0.4) is 0 Å². The number of rotatable bonds is 6. The average molecular weight is 453 g/mol. The largest absolute Gasteiger partial charge is 0.444 e. The Labute approximate surface area is 185 Å². The summed E-state index contributed by atoms with van der Waals surface area (Å²) >= 11 is 0. The van der Waals surface area contributed by atoms with Gasteiger partial charge in [-0.3, -0.25) is 4.79 Å². The topological polar surface area (TPSA) is 84.2 Å². The first-order valence-corrected chi connectivity index (χ1v) is 10.5. The van der Waals surface area contributed by atoms with Gasteiger partial charge in [0.1, 0.15) is 11.3 Å². The number of carbonyl (C=O) groups excluding carboxylic acids is 2. The van der Waals surface area contributed by atoms with Crippen molar-refractivity contribution in [3.63, 3.8) is 0 Å². The van der Waals surface area contributed by atoms with Crippen LogP contribution in [0.15, 0.2) is 18.2 Å². The Balaban J connectivity index is 1.77. The second kappa shape index (κ2) is 9.83. The molecule has 176 valence electrons. The van der Waals surface area contributed by atoms with E-state index >= 15 is 0 Å². The molecule has 1 N–H and O–H groups in total. The van der Waals surface area contributed by atoms with E-state index in [1.165, 1.54) is 6.07 Å². The minimum Gasteiger partial charge on any atom is -0.444 e. The Kier molecular flexibility index (Phi) is 7.35. The number of fused-ring (bicyclic) bond motifs is 1. The van der Waals surface area contributed by atoms with Crippen LogP contribution in [-0.4, -0.2) is 83.1 Å². The van der Waals surface area contributed by atoms with Gasteiger partial charge in [0, 0.05) is 44.2 Å². The first kappa shape index (κ1) is 23.9. The summed E-state index contributed by atoms with van der Waals surface area (Å²) < 4.78 is 39.9. The van der Waals surface area contributed by atoms with Crippen molar-refractivity contribution < 1.29 is 33.0 Å². The maximum atomic E-state index is 13.9. The molecule has 1 aliphatic rings. The number of benzene rings is 1. The van der Waals surface area contributed by atoms with Crippen molar-refractivity contribution >= 4 is 22.9 Å². The van der Waals surface area contributed by atoms with Gasteiger partial charge in [-0.25, -0.2) is 13.6 Å². The summed E-state index contributed by atoms with van der Waals surface area (Å²) in [5.74, 6) is -2.29. The number of amides is 2. The molecule has 2 aromatic rings. The molecule has 0 atom stereocenters. The first-order valence-electron chi connectivity index (χ1n) is 10.5. The molecule has 32 heavy (non-hydrogen) atoms. The summed E-state index contributed by atoms with van der Waals surface area (Å²) in [6.07, 6.45) is -0.425. The fourth-order valence-corrected chi connectivity index (χ4v) is 3.58. The van der Waals surface area contributed by atoms with Crippen molar-refractivity contribution in [3.8, 4) is 0 Å². The summed E-state index contributed by atoms with van der Waals surface area (Å²) in [5.41, 5.74) is 0.0590. The van der Waals surface area contributed by atoms with Gasteiger partial charge < -0.3 is 28.9 Å². The van der Waals surface area contributed by atoms with Crippen molar-refractivity contribution in [1.29, 1.82) is 0 Å². The smallest absolute Gasteiger partial charge is 0.410 e. The summed E-state index contributed by atoms with van der Waals surface area (Å²) in [5, 5.41) is 9.28. The van der Waals surface area contributed by atoms with Crippen LogP contribution in [0.2, 0.25) is 0 Å². The highest BCUT2D eigenvalue weighted by Gasteiger charge is 2.29. The number of nitrogens with zero attached hydrogens (tertiary/aromatic N) is 3. The normalized spacial score (nSPS) is 14.8. The maximum absolute atomic E-state index is 13.9. The molecule has 1 aromatic heterocycles. The number of aromatic nitrogens is 1. The fraction of sp³-hybridized carbons (Fsp3) is 0.545. The summed E-state index contributed by atoms with van der Waals surface area (Å²) in [6.45, 7) is 7.06. The van der Waals surface area contributed by atoms with Crippen molar-refractivity contribution in [2.45, 2.75) is 32.9 Å². The second-order valence-electron chi connectivity index (χ2n) is 8.60. The molecule has 0 bridgehead atoms. The lowest BCUT2D eigenvalue weighted by Gasteiger charge is -2.35. The summed E-state index contributed by atoms with van der Waals surface area (Å²) in [4.78, 5) is 28.7. The molecule has 2 heterocycles. The lowest BCUT2D eigenvalue weighted by Crippen LogP contribution is -2.51. The van der Waals surface area contributed by atoms with Crippen molar-refractivity contribution in [3.05, 3.63) is 35.5 Å². The van der Waals surface area contributed by atoms with Gasteiger partial charge in [0.15, 0.2) is 11.6 Å². The van der Waals surface area contributed by atoms with Crippen LogP contribution in [0.4, 0.5) is 13.6 Å². The third kappa shape index (κ3) is 5.55. The Hall–Kier alpha value is -2.72. The average Bonchev–Trinajstić information content (AvgIpc) is 3.07. The van der Waals surface area contributed by atoms with Gasteiger partial charge in [0.25, 0.3) is 5.91 Å². The molecule has 0 unspecified atom stereocenters. The Morgan fingerprint density at radius 2 is 1.62 bits per heavy atom. The van der Waals surface area contributed by atoms with E-state index in [-0.39, 0.29) is 38.0 Å². The lowest BCUT2D eigenvalue weighted by molar-refractivity contribution is 0.0139. The van der Waals surface area contributed by atoms with Crippen LogP contribution in [-0.2, 0) is 16.0 Å². The van der Waals surface area contributed by atoms with Crippen LogP contribution < -0.4 is 0 Å². The van der Waals surface area contributed by atoms with E-state index in [4.69, 9.17) is 14.6 Å². The van der Waals surface area contributed by atoms with Crippen LogP contribution in [0.1, 0.15) is 31.3 Å². The van der Waals surface area contributed by atoms with Gasteiger partial charge >= 0.3 is 6.09 Å². The molecular formula is C22H29F2N3O5. The highest BCUT2D eigenvalue weighted by atomic mass is 19.2. The minimum absolute atomic E-state index is 0.137. The zero-order chi connectivity index (χ0) is 23.5. The number of hydrogen-bond acceptors (Lipinski definition) is 5. The van der Waals surface area contributed by atoms with E-state index < -0.39 is 23.3 Å². The van der Waals surface area contributed by atoms with E-state index in [0.717, 1.165) is 12.1 Å². The van der Waals surface area contributed by atoms with Crippen molar-refractivity contribution in [2.24, 2.45) is 0 Å². The molecule has 1 aliphatic heterocycles. The number of carbonyl (C=O) groups is 2. The van der Waals surface area contributed by atoms with Crippen LogP contribution in [0, 0.1) is 11.6 Å². The van der Waals surface area contributed by atoms with Crippen LogP contribution in [0.25, 0.3) is 10.9 Å². The van der Waals surface area contributed by atoms with Gasteiger partial charge in [-0.05, 0) is 32.9 Å². The Bertz CT molecular complexity index is 978. The van der Waals surface area contributed by atoms with Crippen molar-refractivity contribution in [2.75, 3.05) is 46.0 Å². The van der Waals surface area contributed by atoms with E-state index in [9.17, 15) is 18.4 Å². The minimum atomic E-state index is -1.00. The SMILES string of the molecule is CC(C)(C)OC(=O)N1CCN(C(=O)c2cc3cc(F)c(F)cc3n2CCOCCO)CC1. The monoisotopic (exact) mass is 453 g/mol. The number of hydrogen-bond donors (Lipinski definition) is 1. The molecule has 0 saturated carbocycles. The zero-order valence-corrected chi connectivity index (χ0v) is 18.6. The molecule has 2 amide bonds. The van der Waals surface area contributed by atoms with E-state index in [2.05, 4.69) is 0 Å². The zero-order valence-electron chi connectivity index (χ0n) is 18.6. The number of aliphatic hydroxyl groups excluding tert-OH is 1. The number of piperazine rings is 1. The predicted molar refractivity (Wildman–Crippen MR) is 113 cm³/mol. The first-order chi connectivity index (χ1) is 15.1. The number of aliphatic hydroxyl groups is 1. The number of ether oxygens (including phenoxy) is 2. The Morgan fingerprint density at radius 1 is 1.00 bits per heavy atom.